The van der Waals surface area contributed by atoms with Crippen molar-refractivity contribution in [1.82, 2.24) is 4.90 Å². The number of nitriles is 1. The van der Waals surface area contributed by atoms with Gasteiger partial charge in [-0.05, 0) is 55.4 Å². The molecule has 4 heteroatoms. The van der Waals surface area contributed by atoms with E-state index in [1.54, 1.807) is 24.3 Å². The van der Waals surface area contributed by atoms with Crippen molar-refractivity contribution >= 4 is 0 Å². The van der Waals surface area contributed by atoms with Crippen molar-refractivity contribution < 1.29 is 8.78 Å². The van der Waals surface area contributed by atoms with E-state index in [2.05, 4.69) is 6.07 Å². The van der Waals surface area contributed by atoms with E-state index >= 15 is 0 Å². The number of halogens is 2. The third-order valence-corrected chi connectivity index (χ3v) is 4.15. The fourth-order valence-corrected chi connectivity index (χ4v) is 3.09. The lowest BCUT2D eigenvalue weighted by Crippen LogP contribution is -2.39. The molecule has 2 aromatic carbocycles. The Balaban J connectivity index is 2.63. The van der Waals surface area contributed by atoms with Crippen molar-refractivity contribution in [2.75, 3.05) is 20.6 Å². The molecule has 2 nitrogen and oxygen atoms in total. The summed E-state index contributed by atoms with van der Waals surface area (Å²) in [4.78, 5) is 2.00. The van der Waals surface area contributed by atoms with Gasteiger partial charge in [-0.15, -0.1) is 0 Å². The Labute approximate surface area is 136 Å². The van der Waals surface area contributed by atoms with Gasteiger partial charge < -0.3 is 4.90 Å². The summed E-state index contributed by atoms with van der Waals surface area (Å²) in [7, 11) is 3.88. The van der Waals surface area contributed by atoms with Crippen LogP contribution >= 0.6 is 0 Å². The highest BCUT2D eigenvalue weighted by Crippen LogP contribution is 2.39. The molecule has 2 rings (SSSR count). The van der Waals surface area contributed by atoms with Gasteiger partial charge in [0.05, 0.1) is 6.07 Å². The SMILES string of the molecule is CC(CN(C)C)C(C#N)(c1ccc(F)cc1)c1ccc(F)cc1. The summed E-state index contributed by atoms with van der Waals surface area (Å²) in [5.41, 5.74) is 0.454. The van der Waals surface area contributed by atoms with Crippen LogP contribution in [-0.2, 0) is 5.41 Å². The molecule has 2 aromatic rings. The smallest absolute Gasteiger partial charge is 0.123 e. The van der Waals surface area contributed by atoms with Crippen LogP contribution in [0.5, 0.6) is 0 Å². The quantitative estimate of drug-likeness (QED) is 0.835. The Hall–Kier alpha value is -2.25. The summed E-state index contributed by atoms with van der Waals surface area (Å²) in [6, 6.07) is 14.4. The maximum absolute atomic E-state index is 13.3. The molecule has 0 saturated carbocycles. The molecule has 0 aliphatic rings. The molecule has 0 aliphatic heterocycles. The molecule has 0 saturated heterocycles. The van der Waals surface area contributed by atoms with Crippen molar-refractivity contribution in [1.29, 1.82) is 5.26 Å². The zero-order valence-corrected chi connectivity index (χ0v) is 13.6. The van der Waals surface area contributed by atoms with Gasteiger partial charge in [-0.1, -0.05) is 31.2 Å². The number of rotatable bonds is 5. The van der Waals surface area contributed by atoms with E-state index in [1.165, 1.54) is 24.3 Å². The first-order chi connectivity index (χ1) is 10.9. The average Bonchev–Trinajstić information content (AvgIpc) is 2.51. The lowest BCUT2D eigenvalue weighted by Gasteiger charge is -2.35. The molecule has 23 heavy (non-hydrogen) atoms. The van der Waals surface area contributed by atoms with E-state index in [0.29, 0.717) is 17.7 Å². The normalized spacial score (nSPS) is 12.9. The van der Waals surface area contributed by atoms with Crippen molar-refractivity contribution in [3.05, 3.63) is 71.3 Å². The first-order valence-electron chi connectivity index (χ1n) is 7.48. The zero-order chi connectivity index (χ0) is 17.0. The van der Waals surface area contributed by atoms with Crippen LogP contribution < -0.4 is 0 Å². The molecule has 0 N–H and O–H groups in total. The topological polar surface area (TPSA) is 27.0 Å². The third-order valence-electron chi connectivity index (χ3n) is 4.15. The van der Waals surface area contributed by atoms with Crippen molar-refractivity contribution in [2.24, 2.45) is 5.92 Å². The molecule has 0 aliphatic carbocycles. The van der Waals surface area contributed by atoms with Gasteiger partial charge in [-0.25, -0.2) is 8.78 Å². The van der Waals surface area contributed by atoms with Crippen molar-refractivity contribution in [2.45, 2.75) is 12.3 Å². The number of hydrogen-bond acceptors (Lipinski definition) is 2. The highest BCUT2D eigenvalue weighted by molar-refractivity contribution is 5.47. The van der Waals surface area contributed by atoms with Gasteiger partial charge in [-0.2, -0.15) is 5.26 Å². The Morgan fingerprint density at radius 2 is 1.35 bits per heavy atom. The molecular formula is C19H20F2N2. The second-order valence-corrected chi connectivity index (χ2v) is 6.10. The summed E-state index contributed by atoms with van der Waals surface area (Å²) in [5, 5.41) is 10.0. The summed E-state index contributed by atoms with van der Waals surface area (Å²) in [6.45, 7) is 2.65. The molecule has 0 amide bonds. The predicted molar refractivity (Wildman–Crippen MR) is 86.9 cm³/mol. The van der Waals surface area contributed by atoms with E-state index in [-0.39, 0.29) is 17.6 Å². The molecule has 0 aromatic heterocycles. The monoisotopic (exact) mass is 314 g/mol. The van der Waals surface area contributed by atoms with E-state index in [4.69, 9.17) is 0 Å². The minimum absolute atomic E-state index is 0.0709. The van der Waals surface area contributed by atoms with Crippen LogP contribution in [0.3, 0.4) is 0 Å². The van der Waals surface area contributed by atoms with Gasteiger partial charge in [0.1, 0.15) is 17.0 Å². The van der Waals surface area contributed by atoms with Crippen LogP contribution in [0.15, 0.2) is 48.5 Å². The Bertz CT molecular complexity index is 639. The minimum atomic E-state index is -0.967. The van der Waals surface area contributed by atoms with Crippen LogP contribution in [0.2, 0.25) is 0 Å². The van der Waals surface area contributed by atoms with Crippen LogP contribution in [0.4, 0.5) is 8.78 Å². The van der Waals surface area contributed by atoms with E-state index in [0.717, 1.165) is 0 Å². The second-order valence-electron chi connectivity index (χ2n) is 6.10. The van der Waals surface area contributed by atoms with Crippen LogP contribution in [0.1, 0.15) is 18.1 Å². The third kappa shape index (κ3) is 3.40. The fraction of sp³-hybridized carbons (Fsp3) is 0.316. The molecule has 0 fully saturated rings. The molecular weight excluding hydrogens is 294 g/mol. The molecule has 0 bridgehead atoms. The second kappa shape index (κ2) is 6.89. The van der Waals surface area contributed by atoms with E-state index in [9.17, 15) is 14.0 Å². The maximum atomic E-state index is 13.3. The first kappa shape index (κ1) is 17.1. The fourth-order valence-electron chi connectivity index (χ4n) is 3.09. The Kier molecular flexibility index (Phi) is 5.12. The molecule has 1 unspecified atom stereocenters. The maximum Gasteiger partial charge on any atom is 0.123 e. The van der Waals surface area contributed by atoms with Gasteiger partial charge in [0.2, 0.25) is 0 Å². The summed E-state index contributed by atoms with van der Waals surface area (Å²) >= 11 is 0. The lowest BCUT2D eigenvalue weighted by atomic mass is 9.67. The van der Waals surface area contributed by atoms with Gasteiger partial charge in [0, 0.05) is 6.54 Å². The molecule has 120 valence electrons. The van der Waals surface area contributed by atoms with Gasteiger partial charge >= 0.3 is 0 Å². The summed E-state index contributed by atoms with van der Waals surface area (Å²) < 4.78 is 26.6. The Morgan fingerprint density at radius 1 is 0.957 bits per heavy atom. The average molecular weight is 314 g/mol. The summed E-state index contributed by atoms with van der Waals surface area (Å²) in [6.07, 6.45) is 0. The molecule has 1 atom stereocenters. The van der Waals surface area contributed by atoms with Crippen LogP contribution in [0.25, 0.3) is 0 Å². The first-order valence-corrected chi connectivity index (χ1v) is 7.48. The van der Waals surface area contributed by atoms with Crippen LogP contribution in [0, 0.1) is 28.9 Å². The largest absolute Gasteiger partial charge is 0.309 e. The van der Waals surface area contributed by atoms with E-state index < -0.39 is 5.41 Å². The lowest BCUT2D eigenvalue weighted by molar-refractivity contribution is 0.290. The standard InChI is InChI=1S/C19H20F2N2/c1-14(12-23(2)3)19(13-22,15-4-8-17(20)9-5-15)16-6-10-18(21)11-7-16/h4-11,14H,12H2,1-3H3. The van der Waals surface area contributed by atoms with Crippen molar-refractivity contribution in [3.63, 3.8) is 0 Å². The Morgan fingerprint density at radius 3 is 1.65 bits per heavy atom. The highest BCUT2D eigenvalue weighted by Gasteiger charge is 2.40. The highest BCUT2D eigenvalue weighted by atomic mass is 19.1. The predicted octanol–water partition coefficient (Wildman–Crippen LogP) is 3.97. The molecule has 0 heterocycles. The zero-order valence-electron chi connectivity index (χ0n) is 13.6. The minimum Gasteiger partial charge on any atom is -0.309 e. The number of nitrogens with zero attached hydrogens (tertiary/aromatic N) is 2. The van der Waals surface area contributed by atoms with Gasteiger partial charge in [0.25, 0.3) is 0 Å². The molecule has 0 spiro atoms. The number of hydrogen-bond donors (Lipinski definition) is 0. The van der Waals surface area contributed by atoms with Crippen LogP contribution in [-0.4, -0.2) is 25.5 Å². The molecule has 0 radical (unpaired) electrons. The van der Waals surface area contributed by atoms with Gasteiger partial charge in [-0.3, -0.25) is 0 Å². The number of benzene rings is 2. The van der Waals surface area contributed by atoms with Crippen molar-refractivity contribution in [3.8, 4) is 6.07 Å². The van der Waals surface area contributed by atoms with Gasteiger partial charge in [0.15, 0.2) is 0 Å². The van der Waals surface area contributed by atoms with E-state index in [1.807, 2.05) is 25.9 Å². The summed E-state index contributed by atoms with van der Waals surface area (Å²) in [5.74, 6) is -0.765.